The fourth-order valence-electron chi connectivity index (χ4n) is 0.929. The maximum atomic E-state index is 9.75. The number of nitrogens with one attached hydrogen (secondary N) is 1. The summed E-state index contributed by atoms with van der Waals surface area (Å²) in [5, 5.41) is 13.4. The molecule has 14 heavy (non-hydrogen) atoms. The lowest BCUT2D eigenvalue weighted by Gasteiger charge is -2.22. The number of halogens is 1. The van der Waals surface area contributed by atoms with Crippen molar-refractivity contribution < 1.29 is 5.11 Å². The van der Waals surface area contributed by atoms with Gasteiger partial charge >= 0.3 is 0 Å². The minimum atomic E-state index is -0.702. The van der Waals surface area contributed by atoms with Gasteiger partial charge in [-0.15, -0.1) is 0 Å². The monoisotopic (exact) mass is 214 g/mol. The van der Waals surface area contributed by atoms with E-state index in [4.69, 9.17) is 11.6 Å². The van der Waals surface area contributed by atoms with Gasteiger partial charge in [-0.05, 0) is 19.4 Å². The normalized spacial score (nSPS) is 14.9. The van der Waals surface area contributed by atoms with Crippen molar-refractivity contribution in [2.45, 2.75) is 25.9 Å². The standard InChI is InChI=1S/C10H15ClN2O/c1-3-10(2,14)7-13-9-4-5-12-6-8(9)11/h4-6,14H,3,7H2,1-2H3,(H,12,13). The van der Waals surface area contributed by atoms with Crippen molar-refractivity contribution in [3.05, 3.63) is 23.5 Å². The van der Waals surface area contributed by atoms with Gasteiger partial charge < -0.3 is 10.4 Å². The number of hydrogen-bond acceptors (Lipinski definition) is 3. The van der Waals surface area contributed by atoms with Crippen LogP contribution in [0.2, 0.25) is 5.02 Å². The third kappa shape index (κ3) is 3.16. The number of rotatable bonds is 4. The molecule has 0 aliphatic heterocycles. The number of hydrogen-bond donors (Lipinski definition) is 2. The summed E-state index contributed by atoms with van der Waals surface area (Å²) in [6, 6.07) is 1.79. The molecule has 0 spiro atoms. The molecule has 1 atom stereocenters. The van der Waals surface area contributed by atoms with Crippen LogP contribution >= 0.6 is 11.6 Å². The van der Waals surface area contributed by atoms with E-state index >= 15 is 0 Å². The van der Waals surface area contributed by atoms with Gasteiger partial charge in [0.2, 0.25) is 0 Å². The van der Waals surface area contributed by atoms with E-state index in [-0.39, 0.29) is 0 Å². The summed E-state index contributed by atoms with van der Waals surface area (Å²) in [7, 11) is 0. The van der Waals surface area contributed by atoms with Crippen LogP contribution < -0.4 is 5.32 Å². The van der Waals surface area contributed by atoms with Gasteiger partial charge in [-0.2, -0.15) is 0 Å². The first kappa shape index (κ1) is 11.3. The van der Waals surface area contributed by atoms with Crippen LogP contribution in [0.4, 0.5) is 5.69 Å². The second-order valence-electron chi connectivity index (χ2n) is 3.56. The van der Waals surface area contributed by atoms with Crippen LogP contribution in [0.3, 0.4) is 0 Å². The zero-order valence-electron chi connectivity index (χ0n) is 8.42. The van der Waals surface area contributed by atoms with Gasteiger partial charge in [0.05, 0.1) is 16.3 Å². The maximum absolute atomic E-state index is 9.75. The Morgan fingerprint density at radius 1 is 1.64 bits per heavy atom. The molecule has 0 saturated heterocycles. The molecule has 0 radical (unpaired) electrons. The Balaban J connectivity index is 2.58. The Morgan fingerprint density at radius 2 is 2.36 bits per heavy atom. The van der Waals surface area contributed by atoms with Crippen LogP contribution in [0, 0.1) is 0 Å². The van der Waals surface area contributed by atoms with Gasteiger partial charge in [-0.25, -0.2) is 0 Å². The highest BCUT2D eigenvalue weighted by Crippen LogP contribution is 2.20. The summed E-state index contributed by atoms with van der Waals surface area (Å²) in [5.74, 6) is 0. The van der Waals surface area contributed by atoms with Crippen LogP contribution in [0.15, 0.2) is 18.5 Å². The molecule has 0 fully saturated rings. The minimum absolute atomic E-state index is 0.479. The van der Waals surface area contributed by atoms with Gasteiger partial charge in [-0.3, -0.25) is 4.98 Å². The van der Waals surface area contributed by atoms with Crippen LogP contribution in [0.1, 0.15) is 20.3 Å². The van der Waals surface area contributed by atoms with Crippen LogP contribution in [-0.2, 0) is 0 Å². The molecule has 1 aromatic heterocycles. The van der Waals surface area contributed by atoms with E-state index in [1.165, 1.54) is 0 Å². The van der Waals surface area contributed by atoms with Crippen molar-refractivity contribution in [2.24, 2.45) is 0 Å². The summed E-state index contributed by atoms with van der Waals surface area (Å²) in [4.78, 5) is 3.88. The van der Waals surface area contributed by atoms with Crippen molar-refractivity contribution >= 4 is 17.3 Å². The Morgan fingerprint density at radius 3 is 2.93 bits per heavy atom. The average Bonchev–Trinajstić information content (AvgIpc) is 2.17. The lowest BCUT2D eigenvalue weighted by atomic mass is 10.0. The lowest BCUT2D eigenvalue weighted by Crippen LogP contribution is -2.32. The van der Waals surface area contributed by atoms with Crippen molar-refractivity contribution in [1.82, 2.24) is 4.98 Å². The first-order chi connectivity index (χ1) is 6.55. The molecule has 0 aliphatic rings. The third-order valence-electron chi connectivity index (χ3n) is 2.19. The molecule has 78 valence electrons. The highest BCUT2D eigenvalue weighted by molar-refractivity contribution is 6.33. The average molecular weight is 215 g/mol. The van der Waals surface area contributed by atoms with E-state index in [1.807, 2.05) is 6.92 Å². The van der Waals surface area contributed by atoms with E-state index in [0.29, 0.717) is 18.0 Å². The number of pyridine rings is 1. The van der Waals surface area contributed by atoms with E-state index in [2.05, 4.69) is 10.3 Å². The van der Waals surface area contributed by atoms with Crippen molar-refractivity contribution in [1.29, 1.82) is 0 Å². The summed E-state index contributed by atoms with van der Waals surface area (Å²) >= 11 is 5.89. The van der Waals surface area contributed by atoms with Crippen LogP contribution in [0.25, 0.3) is 0 Å². The molecular weight excluding hydrogens is 200 g/mol. The molecule has 0 bridgehead atoms. The highest BCUT2D eigenvalue weighted by Gasteiger charge is 2.17. The second-order valence-corrected chi connectivity index (χ2v) is 3.97. The van der Waals surface area contributed by atoms with Crippen LogP contribution in [0.5, 0.6) is 0 Å². The Labute approximate surface area is 89.1 Å². The Bertz CT molecular complexity index is 302. The minimum Gasteiger partial charge on any atom is -0.388 e. The molecular formula is C10H15ClN2O. The Hall–Kier alpha value is -0.800. The van der Waals surface area contributed by atoms with Gasteiger partial charge in [0, 0.05) is 18.9 Å². The Kier molecular flexibility index (Phi) is 3.72. The predicted octanol–water partition coefficient (Wildman–Crippen LogP) is 2.31. The maximum Gasteiger partial charge on any atom is 0.0820 e. The van der Waals surface area contributed by atoms with Crippen molar-refractivity contribution in [3.63, 3.8) is 0 Å². The van der Waals surface area contributed by atoms with Crippen LogP contribution in [-0.4, -0.2) is 22.2 Å². The smallest absolute Gasteiger partial charge is 0.0820 e. The largest absolute Gasteiger partial charge is 0.388 e. The molecule has 0 saturated carbocycles. The number of aliphatic hydroxyl groups is 1. The second kappa shape index (κ2) is 4.62. The molecule has 0 amide bonds. The molecule has 3 nitrogen and oxygen atoms in total. The van der Waals surface area contributed by atoms with Crippen molar-refractivity contribution in [2.75, 3.05) is 11.9 Å². The molecule has 2 N–H and O–H groups in total. The first-order valence-corrected chi connectivity index (χ1v) is 4.99. The SMILES string of the molecule is CCC(C)(O)CNc1ccncc1Cl. The zero-order valence-corrected chi connectivity index (χ0v) is 9.17. The molecule has 1 rings (SSSR count). The quantitative estimate of drug-likeness (QED) is 0.809. The molecule has 0 aliphatic carbocycles. The highest BCUT2D eigenvalue weighted by atomic mass is 35.5. The number of anilines is 1. The van der Waals surface area contributed by atoms with Crippen molar-refractivity contribution in [3.8, 4) is 0 Å². The third-order valence-corrected chi connectivity index (χ3v) is 2.49. The van der Waals surface area contributed by atoms with Gasteiger partial charge in [0.25, 0.3) is 0 Å². The van der Waals surface area contributed by atoms with E-state index in [9.17, 15) is 5.11 Å². The predicted molar refractivity (Wildman–Crippen MR) is 58.7 cm³/mol. The molecule has 4 heteroatoms. The fourth-order valence-corrected chi connectivity index (χ4v) is 1.12. The summed E-state index contributed by atoms with van der Waals surface area (Å²) in [5.41, 5.74) is 0.0995. The first-order valence-electron chi connectivity index (χ1n) is 4.61. The fraction of sp³-hybridized carbons (Fsp3) is 0.500. The van der Waals surface area contributed by atoms with Gasteiger partial charge in [0.1, 0.15) is 0 Å². The summed E-state index contributed by atoms with van der Waals surface area (Å²) in [6.07, 6.45) is 3.93. The van der Waals surface area contributed by atoms with Gasteiger partial charge in [0.15, 0.2) is 0 Å². The van der Waals surface area contributed by atoms with E-state index in [0.717, 1.165) is 5.69 Å². The summed E-state index contributed by atoms with van der Waals surface area (Å²) in [6.45, 7) is 4.21. The molecule has 1 heterocycles. The lowest BCUT2D eigenvalue weighted by molar-refractivity contribution is 0.0697. The van der Waals surface area contributed by atoms with Gasteiger partial charge in [-0.1, -0.05) is 18.5 Å². The zero-order chi connectivity index (χ0) is 10.6. The number of nitrogens with zero attached hydrogens (tertiary/aromatic N) is 1. The summed E-state index contributed by atoms with van der Waals surface area (Å²) < 4.78 is 0. The topological polar surface area (TPSA) is 45.1 Å². The van der Waals surface area contributed by atoms with E-state index in [1.54, 1.807) is 25.4 Å². The molecule has 1 aromatic rings. The molecule has 0 aromatic carbocycles. The number of aromatic nitrogens is 1. The van der Waals surface area contributed by atoms with E-state index < -0.39 is 5.60 Å². The molecule has 1 unspecified atom stereocenters.